The Morgan fingerprint density at radius 3 is 2.56 bits per heavy atom. The number of thioether (sulfide) groups is 1. The van der Waals surface area contributed by atoms with E-state index in [4.69, 9.17) is 11.6 Å². The molecule has 4 aromatic rings. The predicted molar refractivity (Wildman–Crippen MR) is 131 cm³/mol. The van der Waals surface area contributed by atoms with E-state index in [1.807, 2.05) is 54.0 Å². The molecule has 0 aliphatic heterocycles. The topological polar surface area (TPSA) is 59.8 Å². The van der Waals surface area contributed by atoms with Crippen LogP contribution in [0.15, 0.2) is 78.0 Å². The molecule has 162 valence electrons. The number of rotatable bonds is 7. The van der Waals surface area contributed by atoms with Crippen molar-refractivity contribution in [3.05, 3.63) is 100 Å². The minimum atomic E-state index is -0.127. The number of anilines is 1. The van der Waals surface area contributed by atoms with Crippen LogP contribution in [0.4, 0.5) is 5.69 Å². The Balaban J connectivity index is 1.55. The summed E-state index contributed by atoms with van der Waals surface area (Å²) < 4.78 is 2.03. The predicted octanol–water partition coefficient (Wildman–Crippen LogP) is 5.86. The molecule has 3 aromatic carbocycles. The van der Waals surface area contributed by atoms with Gasteiger partial charge in [0.25, 0.3) is 0 Å². The summed E-state index contributed by atoms with van der Waals surface area (Å²) in [6.45, 7) is 3.98. The van der Waals surface area contributed by atoms with Crippen molar-refractivity contribution in [1.29, 1.82) is 0 Å². The Hall–Kier alpha value is -3.09. The van der Waals surface area contributed by atoms with E-state index < -0.39 is 0 Å². The molecule has 32 heavy (non-hydrogen) atoms. The van der Waals surface area contributed by atoms with Crippen molar-refractivity contribution >= 4 is 35.0 Å². The number of benzene rings is 3. The lowest BCUT2D eigenvalue weighted by Gasteiger charge is -2.11. The summed E-state index contributed by atoms with van der Waals surface area (Å²) >= 11 is 7.52. The van der Waals surface area contributed by atoms with Gasteiger partial charge in [0.05, 0.1) is 5.75 Å². The molecule has 4 rings (SSSR count). The van der Waals surface area contributed by atoms with Crippen molar-refractivity contribution < 1.29 is 4.79 Å². The van der Waals surface area contributed by atoms with Crippen LogP contribution in [0.2, 0.25) is 5.02 Å². The van der Waals surface area contributed by atoms with E-state index in [9.17, 15) is 4.79 Å². The van der Waals surface area contributed by atoms with E-state index in [2.05, 4.69) is 46.7 Å². The molecule has 1 heterocycles. The minimum absolute atomic E-state index is 0.127. The van der Waals surface area contributed by atoms with E-state index >= 15 is 0 Å². The van der Waals surface area contributed by atoms with Crippen LogP contribution in [0.1, 0.15) is 22.5 Å². The summed E-state index contributed by atoms with van der Waals surface area (Å²) in [4.78, 5) is 12.5. The van der Waals surface area contributed by atoms with E-state index in [1.165, 1.54) is 11.8 Å². The Labute approximate surface area is 196 Å². The summed E-state index contributed by atoms with van der Waals surface area (Å²) in [6, 6.07) is 23.8. The first-order chi connectivity index (χ1) is 15.5. The van der Waals surface area contributed by atoms with Gasteiger partial charge < -0.3 is 5.32 Å². The number of hydrogen-bond acceptors (Lipinski definition) is 4. The van der Waals surface area contributed by atoms with Crippen LogP contribution in [0.3, 0.4) is 0 Å². The maximum atomic E-state index is 12.5. The number of hydrogen-bond donors (Lipinski definition) is 1. The molecule has 7 heteroatoms. The second kappa shape index (κ2) is 10.0. The monoisotopic (exact) mass is 462 g/mol. The molecule has 1 aromatic heterocycles. The van der Waals surface area contributed by atoms with Crippen molar-refractivity contribution in [2.24, 2.45) is 0 Å². The molecule has 1 amide bonds. The van der Waals surface area contributed by atoms with Gasteiger partial charge in [0.2, 0.25) is 5.91 Å². The zero-order chi connectivity index (χ0) is 22.5. The fraction of sp³-hybridized carbons (Fsp3) is 0.160. The molecule has 0 bridgehead atoms. The van der Waals surface area contributed by atoms with Crippen LogP contribution in [0.25, 0.3) is 5.69 Å². The van der Waals surface area contributed by atoms with Crippen LogP contribution in [0, 0.1) is 13.8 Å². The molecule has 0 aliphatic rings. The molecule has 0 saturated carbocycles. The van der Waals surface area contributed by atoms with E-state index in [-0.39, 0.29) is 11.7 Å². The lowest BCUT2D eigenvalue weighted by molar-refractivity contribution is -0.113. The van der Waals surface area contributed by atoms with E-state index in [1.54, 1.807) is 6.07 Å². The molecular formula is C25H23ClN4OS. The van der Waals surface area contributed by atoms with E-state index in [0.29, 0.717) is 22.3 Å². The number of nitrogens with one attached hydrogen (secondary N) is 1. The molecule has 0 atom stereocenters. The van der Waals surface area contributed by atoms with E-state index in [0.717, 1.165) is 28.2 Å². The summed E-state index contributed by atoms with van der Waals surface area (Å²) in [5.41, 5.74) is 4.92. The van der Waals surface area contributed by atoms with Crippen molar-refractivity contribution in [2.45, 2.75) is 25.4 Å². The largest absolute Gasteiger partial charge is 0.325 e. The molecule has 0 unspecified atom stereocenters. The third-order valence-corrected chi connectivity index (χ3v) is 6.29. The van der Waals surface area contributed by atoms with Gasteiger partial charge in [0.15, 0.2) is 5.16 Å². The second-order valence-electron chi connectivity index (χ2n) is 7.54. The van der Waals surface area contributed by atoms with Crippen LogP contribution in [-0.2, 0) is 11.2 Å². The molecule has 0 radical (unpaired) electrons. The van der Waals surface area contributed by atoms with Crippen LogP contribution >= 0.6 is 23.4 Å². The van der Waals surface area contributed by atoms with Gasteiger partial charge in [-0.25, -0.2) is 0 Å². The van der Waals surface area contributed by atoms with Crippen molar-refractivity contribution in [2.75, 3.05) is 11.1 Å². The summed E-state index contributed by atoms with van der Waals surface area (Å²) in [5.74, 6) is 0.911. The van der Waals surface area contributed by atoms with Crippen LogP contribution in [-0.4, -0.2) is 26.4 Å². The highest BCUT2D eigenvalue weighted by molar-refractivity contribution is 7.99. The normalized spacial score (nSPS) is 10.8. The number of carbonyl (C=O) groups is 1. The molecule has 0 aliphatic carbocycles. The highest BCUT2D eigenvalue weighted by Gasteiger charge is 2.17. The summed E-state index contributed by atoms with van der Waals surface area (Å²) in [5, 5.41) is 13.0. The van der Waals surface area contributed by atoms with Gasteiger partial charge >= 0.3 is 0 Å². The molecule has 0 spiro atoms. The number of halogens is 1. The van der Waals surface area contributed by atoms with Gasteiger partial charge in [-0.1, -0.05) is 71.9 Å². The summed E-state index contributed by atoms with van der Waals surface area (Å²) in [7, 11) is 0. The SMILES string of the molecule is Cc1cccc(-n2c(Cc3ccccc3)nnc2SCC(=O)Nc2ccc(C)c(Cl)c2)c1. The molecule has 0 fully saturated rings. The first kappa shape index (κ1) is 22.1. The van der Waals surface area contributed by atoms with Crippen LogP contribution < -0.4 is 5.32 Å². The lowest BCUT2D eigenvalue weighted by atomic mass is 10.1. The third kappa shape index (κ3) is 5.39. The fourth-order valence-corrected chi connectivity index (χ4v) is 4.26. The standard InChI is InChI=1S/C25H23ClN4OS/c1-17-7-6-10-21(13-17)30-23(14-19-8-4-3-5-9-19)28-29-25(30)32-16-24(31)27-20-12-11-18(2)22(26)15-20/h3-13,15H,14,16H2,1-2H3,(H,27,31). The van der Waals surface area contributed by atoms with Gasteiger partial charge in [-0.05, 0) is 54.8 Å². The van der Waals surface area contributed by atoms with Crippen molar-refractivity contribution in [3.8, 4) is 5.69 Å². The number of amides is 1. The van der Waals surface area contributed by atoms with Gasteiger partial charge in [0.1, 0.15) is 5.82 Å². The lowest BCUT2D eigenvalue weighted by Crippen LogP contribution is -2.14. The van der Waals surface area contributed by atoms with Gasteiger partial charge in [-0.2, -0.15) is 0 Å². The Morgan fingerprint density at radius 2 is 1.81 bits per heavy atom. The smallest absolute Gasteiger partial charge is 0.234 e. The molecule has 0 saturated heterocycles. The first-order valence-electron chi connectivity index (χ1n) is 10.2. The number of nitrogens with zero attached hydrogens (tertiary/aromatic N) is 3. The quantitative estimate of drug-likeness (QED) is 0.349. The Bertz CT molecular complexity index is 1240. The number of carbonyl (C=O) groups excluding carboxylic acids is 1. The Kier molecular flexibility index (Phi) is 6.93. The molecule has 1 N–H and O–H groups in total. The Morgan fingerprint density at radius 1 is 1.00 bits per heavy atom. The maximum Gasteiger partial charge on any atom is 0.234 e. The van der Waals surface area contributed by atoms with Gasteiger partial charge in [0, 0.05) is 22.8 Å². The van der Waals surface area contributed by atoms with Crippen molar-refractivity contribution in [1.82, 2.24) is 14.8 Å². The third-order valence-electron chi connectivity index (χ3n) is 4.95. The zero-order valence-corrected chi connectivity index (χ0v) is 19.5. The number of aromatic nitrogens is 3. The second-order valence-corrected chi connectivity index (χ2v) is 8.89. The zero-order valence-electron chi connectivity index (χ0n) is 17.9. The summed E-state index contributed by atoms with van der Waals surface area (Å²) in [6.07, 6.45) is 0.649. The fourth-order valence-electron chi connectivity index (χ4n) is 3.31. The average molecular weight is 463 g/mol. The highest BCUT2D eigenvalue weighted by Crippen LogP contribution is 2.25. The van der Waals surface area contributed by atoms with Gasteiger partial charge in [-0.3, -0.25) is 9.36 Å². The molecule has 5 nitrogen and oxygen atoms in total. The molecular weight excluding hydrogens is 440 g/mol. The number of aryl methyl sites for hydroxylation is 2. The average Bonchev–Trinajstić information content (AvgIpc) is 3.18. The first-order valence-corrected chi connectivity index (χ1v) is 11.6. The highest BCUT2D eigenvalue weighted by atomic mass is 35.5. The minimum Gasteiger partial charge on any atom is -0.325 e. The van der Waals surface area contributed by atoms with Crippen molar-refractivity contribution in [3.63, 3.8) is 0 Å². The van der Waals surface area contributed by atoms with Crippen LogP contribution in [0.5, 0.6) is 0 Å². The maximum absolute atomic E-state index is 12.5. The van der Waals surface area contributed by atoms with Gasteiger partial charge in [-0.15, -0.1) is 10.2 Å².